The minimum absolute atomic E-state index is 0.00238. The molecule has 0 aliphatic carbocycles. The number of nitrogens with zero attached hydrogens (tertiary/aromatic N) is 2. The zero-order chi connectivity index (χ0) is 13.1. The lowest BCUT2D eigenvalue weighted by Gasteiger charge is -2.30. The highest BCUT2D eigenvalue weighted by Crippen LogP contribution is 2.18. The highest BCUT2D eigenvalue weighted by molar-refractivity contribution is 7.89. The standard InChI is InChI=1S/C11H22N2O3S/c1-9(2)5-7-17(15,16)13-6-4-11(12-14)10(3)8-13/h9-10,14H,4-8H2,1-3H3. The number of sulfonamides is 1. The van der Waals surface area contributed by atoms with Crippen LogP contribution >= 0.6 is 0 Å². The Morgan fingerprint density at radius 2 is 2.18 bits per heavy atom. The zero-order valence-electron chi connectivity index (χ0n) is 10.8. The molecule has 1 saturated heterocycles. The van der Waals surface area contributed by atoms with E-state index in [2.05, 4.69) is 5.16 Å². The first-order valence-electron chi connectivity index (χ1n) is 6.05. The van der Waals surface area contributed by atoms with Crippen LogP contribution in [0.15, 0.2) is 5.16 Å². The van der Waals surface area contributed by atoms with Crippen LogP contribution in [0.2, 0.25) is 0 Å². The van der Waals surface area contributed by atoms with Gasteiger partial charge in [-0.15, -0.1) is 0 Å². The average Bonchev–Trinajstić information content (AvgIpc) is 2.26. The first kappa shape index (κ1) is 14.4. The molecule has 0 aromatic rings. The molecular formula is C11H22N2O3S. The summed E-state index contributed by atoms with van der Waals surface area (Å²) in [5.74, 6) is 0.604. The van der Waals surface area contributed by atoms with Gasteiger partial charge >= 0.3 is 0 Å². The molecule has 1 atom stereocenters. The summed E-state index contributed by atoms with van der Waals surface area (Å²) in [5.41, 5.74) is 0.695. The van der Waals surface area contributed by atoms with Gasteiger partial charge in [0, 0.05) is 25.4 Å². The smallest absolute Gasteiger partial charge is 0.214 e. The van der Waals surface area contributed by atoms with Gasteiger partial charge in [0.25, 0.3) is 0 Å². The van der Waals surface area contributed by atoms with E-state index in [9.17, 15) is 8.42 Å². The Balaban J connectivity index is 2.62. The van der Waals surface area contributed by atoms with Crippen molar-refractivity contribution in [2.45, 2.75) is 33.6 Å². The highest BCUT2D eigenvalue weighted by Gasteiger charge is 2.30. The maximum Gasteiger partial charge on any atom is 0.214 e. The summed E-state index contributed by atoms with van der Waals surface area (Å²) in [6.07, 6.45) is 1.22. The number of oxime groups is 1. The zero-order valence-corrected chi connectivity index (χ0v) is 11.6. The molecule has 0 aromatic carbocycles. The normalized spacial score (nSPS) is 25.6. The molecule has 1 N–H and O–H groups in total. The van der Waals surface area contributed by atoms with E-state index in [0.29, 0.717) is 37.6 Å². The molecular weight excluding hydrogens is 240 g/mol. The van der Waals surface area contributed by atoms with Gasteiger partial charge in [0.1, 0.15) is 0 Å². The fourth-order valence-corrected chi connectivity index (χ4v) is 3.75. The number of rotatable bonds is 4. The van der Waals surface area contributed by atoms with Gasteiger partial charge in [-0.1, -0.05) is 25.9 Å². The van der Waals surface area contributed by atoms with Gasteiger partial charge in [-0.05, 0) is 12.3 Å². The minimum atomic E-state index is -3.15. The summed E-state index contributed by atoms with van der Waals surface area (Å²) < 4.78 is 25.6. The first-order valence-corrected chi connectivity index (χ1v) is 7.66. The highest BCUT2D eigenvalue weighted by atomic mass is 32.2. The Hall–Kier alpha value is -0.620. The molecule has 0 radical (unpaired) electrons. The summed E-state index contributed by atoms with van der Waals surface area (Å²) in [6.45, 7) is 6.79. The van der Waals surface area contributed by atoms with Crippen LogP contribution in [0.4, 0.5) is 0 Å². The van der Waals surface area contributed by atoms with E-state index in [1.165, 1.54) is 4.31 Å². The van der Waals surface area contributed by atoms with E-state index in [1.54, 1.807) is 0 Å². The van der Waals surface area contributed by atoms with Crippen LogP contribution in [0.1, 0.15) is 33.6 Å². The predicted octanol–water partition coefficient (Wildman–Crippen LogP) is 1.53. The maximum atomic E-state index is 12.1. The summed E-state index contributed by atoms with van der Waals surface area (Å²) in [4.78, 5) is 0. The van der Waals surface area contributed by atoms with Crippen molar-refractivity contribution in [3.8, 4) is 0 Å². The molecule has 100 valence electrons. The number of piperidine rings is 1. The maximum absolute atomic E-state index is 12.1. The van der Waals surface area contributed by atoms with Crippen molar-refractivity contribution >= 4 is 15.7 Å². The molecule has 0 saturated carbocycles. The lowest BCUT2D eigenvalue weighted by Crippen LogP contribution is -2.44. The lowest BCUT2D eigenvalue weighted by molar-refractivity contribution is 0.300. The molecule has 0 amide bonds. The van der Waals surface area contributed by atoms with Gasteiger partial charge in [-0.25, -0.2) is 12.7 Å². The second kappa shape index (κ2) is 5.82. The van der Waals surface area contributed by atoms with Gasteiger partial charge < -0.3 is 5.21 Å². The third-order valence-corrected chi connectivity index (χ3v) is 5.01. The molecule has 1 unspecified atom stereocenters. The van der Waals surface area contributed by atoms with Crippen molar-refractivity contribution in [2.24, 2.45) is 17.0 Å². The molecule has 1 fully saturated rings. The van der Waals surface area contributed by atoms with Crippen molar-refractivity contribution < 1.29 is 13.6 Å². The predicted molar refractivity (Wildman–Crippen MR) is 67.8 cm³/mol. The Kier molecular flexibility index (Phi) is 4.94. The fraction of sp³-hybridized carbons (Fsp3) is 0.909. The monoisotopic (exact) mass is 262 g/mol. The Labute approximate surface area is 104 Å². The lowest BCUT2D eigenvalue weighted by atomic mass is 10.00. The summed E-state index contributed by atoms with van der Waals surface area (Å²) in [5, 5.41) is 12.0. The average molecular weight is 262 g/mol. The van der Waals surface area contributed by atoms with E-state index >= 15 is 0 Å². The van der Waals surface area contributed by atoms with Crippen LogP contribution in [-0.4, -0.2) is 42.5 Å². The number of hydrogen-bond donors (Lipinski definition) is 1. The van der Waals surface area contributed by atoms with Crippen molar-refractivity contribution in [2.75, 3.05) is 18.8 Å². The summed E-state index contributed by atoms with van der Waals surface area (Å²) >= 11 is 0. The molecule has 6 heteroatoms. The second-order valence-electron chi connectivity index (χ2n) is 5.10. The van der Waals surface area contributed by atoms with Crippen molar-refractivity contribution in [3.63, 3.8) is 0 Å². The van der Waals surface area contributed by atoms with E-state index in [0.717, 1.165) is 0 Å². The first-order chi connectivity index (χ1) is 7.86. The third kappa shape index (κ3) is 3.96. The van der Waals surface area contributed by atoms with E-state index in [4.69, 9.17) is 5.21 Å². The van der Waals surface area contributed by atoms with E-state index in [-0.39, 0.29) is 11.7 Å². The quantitative estimate of drug-likeness (QED) is 0.617. The number of hydrogen-bond acceptors (Lipinski definition) is 4. The van der Waals surface area contributed by atoms with Crippen LogP contribution in [0.25, 0.3) is 0 Å². The van der Waals surface area contributed by atoms with Crippen molar-refractivity contribution in [1.82, 2.24) is 4.31 Å². The van der Waals surface area contributed by atoms with Crippen molar-refractivity contribution in [1.29, 1.82) is 0 Å². The van der Waals surface area contributed by atoms with Crippen LogP contribution in [0, 0.1) is 11.8 Å². The Morgan fingerprint density at radius 3 is 2.65 bits per heavy atom. The molecule has 5 nitrogen and oxygen atoms in total. The Bertz CT molecular complexity index is 376. The summed E-state index contributed by atoms with van der Waals surface area (Å²) in [7, 11) is -3.15. The van der Waals surface area contributed by atoms with Gasteiger partial charge in [0.2, 0.25) is 10.0 Å². The van der Waals surface area contributed by atoms with Crippen LogP contribution in [0.3, 0.4) is 0 Å². The van der Waals surface area contributed by atoms with Crippen LogP contribution < -0.4 is 0 Å². The summed E-state index contributed by atoms with van der Waals surface area (Å²) in [6, 6.07) is 0. The van der Waals surface area contributed by atoms with Gasteiger partial charge in [-0.2, -0.15) is 0 Å². The van der Waals surface area contributed by atoms with E-state index < -0.39 is 10.0 Å². The molecule has 1 aliphatic heterocycles. The molecule has 17 heavy (non-hydrogen) atoms. The topological polar surface area (TPSA) is 70.0 Å². The molecule has 1 aliphatic rings. The molecule has 1 rings (SSSR count). The van der Waals surface area contributed by atoms with Crippen LogP contribution in [-0.2, 0) is 10.0 Å². The van der Waals surface area contributed by atoms with E-state index in [1.807, 2.05) is 20.8 Å². The van der Waals surface area contributed by atoms with Crippen LogP contribution in [0.5, 0.6) is 0 Å². The Morgan fingerprint density at radius 1 is 1.53 bits per heavy atom. The fourth-order valence-electron chi connectivity index (χ4n) is 1.90. The minimum Gasteiger partial charge on any atom is -0.411 e. The molecule has 0 bridgehead atoms. The van der Waals surface area contributed by atoms with Crippen molar-refractivity contribution in [3.05, 3.63) is 0 Å². The van der Waals surface area contributed by atoms with Gasteiger partial charge in [-0.3, -0.25) is 0 Å². The second-order valence-corrected chi connectivity index (χ2v) is 7.19. The molecule has 0 spiro atoms. The third-order valence-electron chi connectivity index (χ3n) is 3.14. The molecule has 0 aromatic heterocycles. The van der Waals surface area contributed by atoms with Gasteiger partial charge in [0.15, 0.2) is 0 Å². The molecule has 1 heterocycles. The van der Waals surface area contributed by atoms with Gasteiger partial charge in [0.05, 0.1) is 11.5 Å². The SMILES string of the molecule is CC(C)CCS(=O)(=O)N1CCC(=NO)C(C)C1. The largest absolute Gasteiger partial charge is 0.411 e.